The minimum absolute atomic E-state index is 0.0276. The highest BCUT2D eigenvalue weighted by molar-refractivity contribution is 5.92. The first-order chi connectivity index (χ1) is 17.0. The lowest BCUT2D eigenvalue weighted by atomic mass is 9.98. The number of carbonyl (C=O) groups excluding carboxylic acids is 2. The average Bonchev–Trinajstić information content (AvgIpc) is 3.34. The molecule has 1 aliphatic heterocycles. The van der Waals surface area contributed by atoms with E-state index < -0.39 is 0 Å². The van der Waals surface area contributed by atoms with Crippen molar-refractivity contribution in [3.05, 3.63) is 83.7 Å². The van der Waals surface area contributed by atoms with Crippen LogP contribution in [0.3, 0.4) is 0 Å². The largest absolute Gasteiger partial charge is 0.494 e. The number of ether oxygens (including phenoxy) is 1. The molecule has 4 rings (SSSR count). The summed E-state index contributed by atoms with van der Waals surface area (Å²) < 4.78 is 7.67. The molecule has 0 aliphatic carbocycles. The van der Waals surface area contributed by atoms with Crippen LogP contribution in [0, 0.1) is 6.92 Å². The van der Waals surface area contributed by atoms with Crippen LogP contribution in [0.5, 0.6) is 5.75 Å². The smallest absolute Gasteiger partial charge is 0.322 e. The van der Waals surface area contributed by atoms with Crippen molar-refractivity contribution in [3.63, 3.8) is 0 Å². The summed E-state index contributed by atoms with van der Waals surface area (Å²) in [6.07, 6.45) is 2.82. The lowest BCUT2D eigenvalue weighted by Crippen LogP contribution is -2.48. The second kappa shape index (κ2) is 11.1. The number of carbonyl (C=O) groups is 2. The molecule has 1 aliphatic rings. The van der Waals surface area contributed by atoms with Gasteiger partial charge in [0.15, 0.2) is 0 Å². The van der Waals surface area contributed by atoms with E-state index in [0.29, 0.717) is 25.4 Å². The molecule has 2 aromatic carbocycles. The van der Waals surface area contributed by atoms with Gasteiger partial charge < -0.3 is 24.4 Å². The van der Waals surface area contributed by atoms with Gasteiger partial charge in [0, 0.05) is 37.2 Å². The van der Waals surface area contributed by atoms with E-state index in [1.807, 2.05) is 36.9 Å². The van der Waals surface area contributed by atoms with Crippen molar-refractivity contribution >= 4 is 17.6 Å². The summed E-state index contributed by atoms with van der Waals surface area (Å²) in [5.74, 6) is 0.696. The van der Waals surface area contributed by atoms with Gasteiger partial charge >= 0.3 is 6.03 Å². The van der Waals surface area contributed by atoms with Crippen molar-refractivity contribution < 1.29 is 14.3 Å². The Kier molecular flexibility index (Phi) is 7.75. The third kappa shape index (κ3) is 5.67. The summed E-state index contributed by atoms with van der Waals surface area (Å²) in [6, 6.07) is 19.2. The maximum absolute atomic E-state index is 13.6. The van der Waals surface area contributed by atoms with Crippen LogP contribution in [0.25, 0.3) is 0 Å². The first kappa shape index (κ1) is 24.4. The van der Waals surface area contributed by atoms with Gasteiger partial charge in [-0.1, -0.05) is 36.8 Å². The Balaban J connectivity index is 1.50. The second-order valence-electron chi connectivity index (χ2n) is 8.84. The zero-order chi connectivity index (χ0) is 24.8. The van der Waals surface area contributed by atoms with Gasteiger partial charge in [0.25, 0.3) is 0 Å². The Morgan fingerprint density at radius 3 is 2.46 bits per heavy atom. The number of aryl methyl sites for hydroxylation is 1. The first-order valence-electron chi connectivity index (χ1n) is 12.3. The van der Waals surface area contributed by atoms with Crippen molar-refractivity contribution in [2.45, 2.75) is 39.8 Å². The van der Waals surface area contributed by atoms with Gasteiger partial charge in [0.1, 0.15) is 12.3 Å². The summed E-state index contributed by atoms with van der Waals surface area (Å²) >= 11 is 0. The molecule has 0 saturated carbocycles. The summed E-state index contributed by atoms with van der Waals surface area (Å²) in [4.78, 5) is 30.2. The Morgan fingerprint density at radius 2 is 1.77 bits per heavy atom. The van der Waals surface area contributed by atoms with Gasteiger partial charge in [-0.15, -0.1) is 0 Å². The number of hydrogen-bond donors (Lipinski definition) is 1. The molecular weight excluding hydrogens is 440 g/mol. The predicted molar refractivity (Wildman–Crippen MR) is 138 cm³/mol. The highest BCUT2D eigenvalue weighted by Gasteiger charge is 2.33. The Bertz CT molecular complexity index is 1140. The number of hydrogen-bond acceptors (Lipinski definition) is 3. The van der Waals surface area contributed by atoms with Crippen LogP contribution in [0.1, 0.15) is 43.1 Å². The molecular formula is C28H34N4O3. The van der Waals surface area contributed by atoms with E-state index in [9.17, 15) is 9.59 Å². The van der Waals surface area contributed by atoms with Crippen molar-refractivity contribution in [2.24, 2.45) is 0 Å². The van der Waals surface area contributed by atoms with Crippen molar-refractivity contribution in [2.75, 3.05) is 31.6 Å². The average molecular weight is 475 g/mol. The molecule has 1 unspecified atom stereocenters. The SMILES string of the molecule is CCCN(CC(=O)N1CCn2cccc2C1c1ccc(C)cc1)C(=O)Nc1ccc(OCC)cc1. The molecule has 3 amide bonds. The fraction of sp³-hybridized carbons (Fsp3) is 0.357. The zero-order valence-electron chi connectivity index (χ0n) is 20.7. The molecule has 0 spiro atoms. The quantitative estimate of drug-likeness (QED) is 0.496. The summed E-state index contributed by atoms with van der Waals surface area (Å²) in [6.45, 7) is 8.43. The number of rotatable bonds is 8. The van der Waals surface area contributed by atoms with Crippen LogP contribution in [0.4, 0.5) is 10.5 Å². The Hall–Kier alpha value is -3.74. The standard InChI is InChI=1S/C28H34N4O3/c1-4-16-31(28(34)29-23-12-14-24(15-13-23)35-5-2)20-26(33)32-19-18-30-17-6-7-25(30)27(32)22-10-8-21(3)9-11-22/h6-15,17,27H,4-5,16,18-20H2,1-3H3,(H,29,34). The Labute approximate surface area is 207 Å². The topological polar surface area (TPSA) is 66.8 Å². The van der Waals surface area contributed by atoms with E-state index in [2.05, 4.69) is 53.3 Å². The van der Waals surface area contributed by atoms with Gasteiger partial charge in [-0.05, 0) is 62.2 Å². The van der Waals surface area contributed by atoms with E-state index >= 15 is 0 Å². The number of aromatic nitrogens is 1. The molecule has 3 aromatic rings. The van der Waals surface area contributed by atoms with Gasteiger partial charge in [-0.25, -0.2) is 4.79 Å². The number of urea groups is 1. The summed E-state index contributed by atoms with van der Waals surface area (Å²) in [7, 11) is 0. The molecule has 0 saturated heterocycles. The van der Waals surface area contributed by atoms with E-state index in [4.69, 9.17) is 4.74 Å². The van der Waals surface area contributed by atoms with E-state index in [0.717, 1.165) is 30.0 Å². The lowest BCUT2D eigenvalue weighted by Gasteiger charge is -2.38. The van der Waals surface area contributed by atoms with Crippen molar-refractivity contribution in [1.82, 2.24) is 14.4 Å². The third-order valence-corrected chi connectivity index (χ3v) is 6.28. The molecule has 7 nitrogen and oxygen atoms in total. The third-order valence-electron chi connectivity index (χ3n) is 6.28. The minimum Gasteiger partial charge on any atom is -0.494 e. The minimum atomic E-state index is -0.281. The molecule has 1 aromatic heterocycles. The second-order valence-corrected chi connectivity index (χ2v) is 8.84. The van der Waals surface area contributed by atoms with Crippen molar-refractivity contribution in [3.8, 4) is 5.75 Å². The number of anilines is 1. The van der Waals surface area contributed by atoms with Gasteiger partial charge in [-0.3, -0.25) is 4.79 Å². The molecule has 35 heavy (non-hydrogen) atoms. The number of nitrogens with one attached hydrogen (secondary N) is 1. The molecule has 7 heteroatoms. The summed E-state index contributed by atoms with van der Waals surface area (Å²) in [5, 5.41) is 2.92. The van der Waals surface area contributed by atoms with Crippen LogP contribution in [0.2, 0.25) is 0 Å². The Morgan fingerprint density at radius 1 is 1.03 bits per heavy atom. The first-order valence-corrected chi connectivity index (χ1v) is 12.3. The maximum atomic E-state index is 13.6. The maximum Gasteiger partial charge on any atom is 0.322 e. The van der Waals surface area contributed by atoms with E-state index in [1.54, 1.807) is 17.0 Å². The highest BCUT2D eigenvalue weighted by atomic mass is 16.5. The molecule has 0 fully saturated rings. The van der Waals surface area contributed by atoms with Gasteiger partial charge in [0.2, 0.25) is 5.91 Å². The number of nitrogens with zero attached hydrogens (tertiary/aromatic N) is 3. The fourth-order valence-electron chi connectivity index (χ4n) is 4.53. The number of amides is 3. The number of benzene rings is 2. The van der Waals surface area contributed by atoms with Crippen LogP contribution in [-0.4, -0.2) is 52.5 Å². The molecule has 0 radical (unpaired) electrons. The lowest BCUT2D eigenvalue weighted by molar-refractivity contribution is -0.134. The van der Waals surface area contributed by atoms with Crippen LogP contribution >= 0.6 is 0 Å². The fourth-order valence-corrected chi connectivity index (χ4v) is 4.53. The van der Waals surface area contributed by atoms with Gasteiger partial charge in [0.05, 0.1) is 12.6 Å². The molecule has 184 valence electrons. The van der Waals surface area contributed by atoms with Gasteiger partial charge in [-0.2, -0.15) is 0 Å². The molecule has 1 N–H and O–H groups in total. The van der Waals surface area contributed by atoms with E-state index in [-0.39, 0.29) is 24.5 Å². The predicted octanol–water partition coefficient (Wildman–Crippen LogP) is 5.07. The van der Waals surface area contributed by atoms with E-state index in [1.165, 1.54) is 5.56 Å². The summed E-state index contributed by atoms with van der Waals surface area (Å²) in [5.41, 5.74) is 4.01. The number of fused-ring (bicyclic) bond motifs is 1. The molecule has 2 heterocycles. The zero-order valence-corrected chi connectivity index (χ0v) is 20.7. The molecule has 1 atom stereocenters. The van der Waals surface area contributed by atoms with Crippen LogP contribution < -0.4 is 10.1 Å². The van der Waals surface area contributed by atoms with Crippen LogP contribution in [0.15, 0.2) is 66.9 Å². The monoisotopic (exact) mass is 474 g/mol. The van der Waals surface area contributed by atoms with Crippen LogP contribution in [-0.2, 0) is 11.3 Å². The normalized spacial score (nSPS) is 14.8. The highest BCUT2D eigenvalue weighted by Crippen LogP contribution is 2.32. The molecule has 0 bridgehead atoms. The van der Waals surface area contributed by atoms with Crippen molar-refractivity contribution in [1.29, 1.82) is 0 Å².